The van der Waals surface area contributed by atoms with E-state index in [9.17, 15) is 0 Å². The monoisotopic (exact) mass is 131 g/mol. The minimum absolute atomic E-state index is 1.02. The first-order valence-corrected chi connectivity index (χ1v) is 3.53. The second-order valence-corrected chi connectivity index (χ2v) is 2.46. The second kappa shape index (κ2) is 2.33. The van der Waals surface area contributed by atoms with E-state index >= 15 is 0 Å². The molecule has 1 aromatic carbocycles. The number of anilines is 1. The van der Waals surface area contributed by atoms with Crippen molar-refractivity contribution >= 4 is 5.69 Å². The van der Waals surface area contributed by atoms with Crippen LogP contribution in [0.2, 0.25) is 0 Å². The van der Waals surface area contributed by atoms with E-state index in [1.165, 1.54) is 11.3 Å². The zero-order valence-electron chi connectivity index (χ0n) is 5.72. The Balaban J connectivity index is 2.41. The van der Waals surface area contributed by atoms with Gasteiger partial charge < -0.3 is 5.32 Å². The van der Waals surface area contributed by atoms with E-state index in [1.54, 1.807) is 0 Å². The van der Waals surface area contributed by atoms with Crippen molar-refractivity contribution in [2.45, 2.75) is 12.8 Å². The highest BCUT2D eigenvalue weighted by Gasteiger charge is 2.05. The van der Waals surface area contributed by atoms with Crippen LogP contribution in [0.1, 0.15) is 12.0 Å². The molecule has 0 fully saturated rings. The van der Waals surface area contributed by atoms with Crippen LogP contribution in [0.4, 0.5) is 5.69 Å². The van der Waals surface area contributed by atoms with Gasteiger partial charge in [-0.2, -0.15) is 0 Å². The molecule has 0 aliphatic carbocycles. The molecule has 0 saturated carbocycles. The normalized spacial score (nSPS) is 15.6. The topological polar surface area (TPSA) is 12.0 Å². The van der Waals surface area contributed by atoms with E-state index in [0.29, 0.717) is 0 Å². The first kappa shape index (κ1) is 5.78. The largest absolute Gasteiger partial charge is 0.375 e. The van der Waals surface area contributed by atoms with Crippen LogP contribution in [0, 0.1) is 6.54 Å². The van der Waals surface area contributed by atoms with Gasteiger partial charge in [0.05, 0.1) is 6.54 Å². The quantitative estimate of drug-likeness (QED) is 0.568. The van der Waals surface area contributed by atoms with E-state index in [4.69, 9.17) is 0 Å². The molecule has 1 aliphatic heterocycles. The molecule has 1 aromatic rings. The van der Waals surface area contributed by atoms with Crippen LogP contribution in [-0.4, -0.2) is 0 Å². The van der Waals surface area contributed by atoms with Crippen LogP contribution >= 0.6 is 0 Å². The van der Waals surface area contributed by atoms with Crippen LogP contribution in [-0.2, 0) is 6.42 Å². The smallest absolute Gasteiger partial charge is 0.0883 e. The Hall–Kier alpha value is -0.980. The van der Waals surface area contributed by atoms with Gasteiger partial charge in [0.1, 0.15) is 0 Å². The van der Waals surface area contributed by atoms with Crippen molar-refractivity contribution in [3.05, 3.63) is 36.4 Å². The molecule has 0 saturated heterocycles. The lowest BCUT2D eigenvalue weighted by Gasteiger charge is -2.15. The van der Waals surface area contributed by atoms with Crippen LogP contribution in [0.15, 0.2) is 24.3 Å². The summed E-state index contributed by atoms with van der Waals surface area (Å²) in [4.78, 5) is 0. The van der Waals surface area contributed by atoms with Crippen LogP contribution in [0.25, 0.3) is 0 Å². The number of fused-ring (bicyclic) bond motifs is 1. The summed E-state index contributed by atoms with van der Waals surface area (Å²) in [5, 5.41) is 3.11. The molecular weight excluding hydrogens is 122 g/mol. The molecule has 0 unspecified atom stereocenters. The first-order chi connectivity index (χ1) is 4.97. The lowest BCUT2D eigenvalue weighted by Crippen LogP contribution is -2.05. The maximum absolute atomic E-state index is 3.11. The van der Waals surface area contributed by atoms with Gasteiger partial charge in [-0.1, -0.05) is 18.2 Å². The van der Waals surface area contributed by atoms with Gasteiger partial charge in [0.25, 0.3) is 0 Å². The fourth-order valence-electron chi connectivity index (χ4n) is 1.22. The van der Waals surface area contributed by atoms with Gasteiger partial charge in [-0.05, 0) is 24.5 Å². The first-order valence-electron chi connectivity index (χ1n) is 3.53. The Morgan fingerprint density at radius 2 is 2.20 bits per heavy atom. The molecule has 0 aromatic heterocycles. The van der Waals surface area contributed by atoms with Gasteiger partial charge in [0, 0.05) is 5.69 Å². The van der Waals surface area contributed by atoms with Gasteiger partial charge in [0.2, 0.25) is 0 Å². The maximum atomic E-state index is 3.11. The highest BCUT2D eigenvalue weighted by atomic mass is 14.9. The number of rotatable bonds is 0. The molecule has 10 heavy (non-hydrogen) atoms. The van der Waals surface area contributed by atoms with Crippen molar-refractivity contribution < 1.29 is 0 Å². The third-order valence-corrected chi connectivity index (χ3v) is 1.76. The van der Waals surface area contributed by atoms with Crippen LogP contribution < -0.4 is 5.32 Å². The molecule has 0 amide bonds. The predicted molar refractivity (Wildman–Crippen MR) is 41.6 cm³/mol. The van der Waals surface area contributed by atoms with Gasteiger partial charge in [0.15, 0.2) is 0 Å². The molecule has 2 radical (unpaired) electrons. The number of aryl methyl sites for hydroxylation is 1. The Morgan fingerprint density at radius 3 is 3.10 bits per heavy atom. The minimum atomic E-state index is 1.02. The molecule has 1 N–H and O–H groups in total. The minimum Gasteiger partial charge on any atom is -0.375 e. The molecule has 0 atom stereocenters. The molecule has 1 heteroatoms. The third kappa shape index (κ3) is 0.878. The SMILES string of the molecule is [C]1CCc2ccccc2N1. The third-order valence-electron chi connectivity index (χ3n) is 1.76. The summed E-state index contributed by atoms with van der Waals surface area (Å²) >= 11 is 0. The number of benzene rings is 1. The fraction of sp³-hybridized carbons (Fsp3) is 0.222. The van der Waals surface area contributed by atoms with Crippen molar-refractivity contribution in [3.8, 4) is 0 Å². The van der Waals surface area contributed by atoms with Crippen molar-refractivity contribution in [1.29, 1.82) is 0 Å². The molecule has 0 spiro atoms. The van der Waals surface area contributed by atoms with E-state index in [2.05, 4.69) is 30.1 Å². The van der Waals surface area contributed by atoms with Crippen molar-refractivity contribution in [3.63, 3.8) is 0 Å². The summed E-state index contributed by atoms with van der Waals surface area (Å²) in [6.07, 6.45) is 2.15. The summed E-state index contributed by atoms with van der Waals surface area (Å²) in [7, 11) is 0. The molecule has 1 heterocycles. The molecule has 2 rings (SSSR count). The van der Waals surface area contributed by atoms with Crippen molar-refractivity contribution in [2.24, 2.45) is 0 Å². The summed E-state index contributed by atoms with van der Waals surface area (Å²) < 4.78 is 0. The summed E-state index contributed by atoms with van der Waals surface area (Å²) in [6, 6.07) is 8.36. The Bertz CT molecular complexity index is 205. The van der Waals surface area contributed by atoms with Crippen LogP contribution in [0.3, 0.4) is 0 Å². The average molecular weight is 131 g/mol. The standard InChI is InChI=1S/C9H9N/c1-2-6-9-8(4-1)5-3-7-10-9/h1-2,4,6,10H,3,5H2. The molecule has 1 nitrogen and oxygen atoms in total. The fourth-order valence-corrected chi connectivity index (χ4v) is 1.22. The number of hydrogen-bond acceptors (Lipinski definition) is 1. The number of para-hydroxylation sites is 1. The number of hydrogen-bond donors (Lipinski definition) is 1. The van der Waals surface area contributed by atoms with E-state index in [0.717, 1.165) is 12.8 Å². The van der Waals surface area contributed by atoms with Gasteiger partial charge in [-0.3, -0.25) is 0 Å². The lowest BCUT2D eigenvalue weighted by molar-refractivity contribution is 0.909. The summed E-state index contributed by atoms with van der Waals surface area (Å²) in [6.45, 7) is 3.09. The van der Waals surface area contributed by atoms with Crippen molar-refractivity contribution in [2.75, 3.05) is 5.32 Å². The predicted octanol–water partition coefficient (Wildman–Crippen LogP) is 2.08. The molecule has 1 aliphatic rings. The average Bonchev–Trinajstić information content (AvgIpc) is 2.05. The summed E-state index contributed by atoms with van der Waals surface area (Å²) in [5.41, 5.74) is 2.62. The van der Waals surface area contributed by atoms with Crippen LogP contribution in [0.5, 0.6) is 0 Å². The summed E-state index contributed by atoms with van der Waals surface area (Å²) in [5.74, 6) is 0. The molecular formula is C9H9N. The number of nitrogens with one attached hydrogen (secondary N) is 1. The van der Waals surface area contributed by atoms with Gasteiger partial charge in [-0.25, -0.2) is 0 Å². The van der Waals surface area contributed by atoms with E-state index in [1.807, 2.05) is 6.07 Å². The van der Waals surface area contributed by atoms with E-state index < -0.39 is 0 Å². The maximum Gasteiger partial charge on any atom is 0.0883 e. The second-order valence-electron chi connectivity index (χ2n) is 2.46. The zero-order chi connectivity index (χ0) is 6.81. The highest BCUT2D eigenvalue weighted by Crippen LogP contribution is 2.21. The van der Waals surface area contributed by atoms with Crippen molar-refractivity contribution in [1.82, 2.24) is 0 Å². The molecule has 50 valence electrons. The molecule has 0 bridgehead atoms. The lowest BCUT2D eigenvalue weighted by atomic mass is 10.0. The van der Waals surface area contributed by atoms with Gasteiger partial charge in [-0.15, -0.1) is 0 Å². The zero-order valence-corrected chi connectivity index (χ0v) is 5.72. The Morgan fingerprint density at radius 1 is 1.30 bits per heavy atom. The van der Waals surface area contributed by atoms with Gasteiger partial charge >= 0.3 is 0 Å². The highest BCUT2D eigenvalue weighted by molar-refractivity contribution is 5.54. The van der Waals surface area contributed by atoms with E-state index in [-0.39, 0.29) is 0 Å². The Kier molecular flexibility index (Phi) is 1.35. The Labute approximate surface area is 61.1 Å².